The average molecular weight is 465 g/mol. The number of hydrogen-bond donors (Lipinski definition) is 1. The molecule has 0 aliphatic rings. The molecule has 11 heteroatoms. The van der Waals surface area contributed by atoms with Crippen LogP contribution in [-0.4, -0.2) is 39.1 Å². The molecule has 0 fully saturated rings. The highest BCUT2D eigenvalue weighted by Gasteiger charge is 2.20. The van der Waals surface area contributed by atoms with Crippen LogP contribution in [0.25, 0.3) is 10.7 Å². The van der Waals surface area contributed by atoms with Crippen LogP contribution in [0.2, 0.25) is 0 Å². The van der Waals surface area contributed by atoms with Gasteiger partial charge in [-0.1, -0.05) is 23.4 Å². The van der Waals surface area contributed by atoms with Gasteiger partial charge in [-0.15, -0.1) is 11.3 Å². The molecule has 0 bridgehead atoms. The summed E-state index contributed by atoms with van der Waals surface area (Å²) in [6, 6.07) is 12.5. The van der Waals surface area contributed by atoms with Crippen molar-refractivity contribution in [3.8, 4) is 16.5 Å². The monoisotopic (exact) mass is 465 g/mol. The van der Waals surface area contributed by atoms with Gasteiger partial charge in [0.05, 0.1) is 30.6 Å². The fourth-order valence-electron chi connectivity index (χ4n) is 2.88. The molecule has 10 nitrogen and oxygen atoms in total. The number of carbonyl (C=O) groups is 2. The zero-order valence-corrected chi connectivity index (χ0v) is 18.6. The standard InChI is InChI=1S/C22H19N5O5S/c1-13-20(33-21(24-13)15-8-5-6-10-23-15)22(29)31-12-19-26-17(27-32-19)11-18(28)25-14-7-3-4-9-16(14)30-2/h3-10H,11-12H2,1-2H3,(H,25,28). The summed E-state index contributed by atoms with van der Waals surface area (Å²) in [4.78, 5) is 37.9. The summed E-state index contributed by atoms with van der Waals surface area (Å²) in [5, 5.41) is 7.12. The van der Waals surface area contributed by atoms with Crippen molar-refractivity contribution in [2.75, 3.05) is 12.4 Å². The smallest absolute Gasteiger partial charge is 0.350 e. The van der Waals surface area contributed by atoms with E-state index in [2.05, 4.69) is 25.4 Å². The largest absolute Gasteiger partial charge is 0.495 e. The van der Waals surface area contributed by atoms with E-state index in [4.69, 9.17) is 14.0 Å². The lowest BCUT2D eigenvalue weighted by Crippen LogP contribution is -2.15. The number of aryl methyl sites for hydroxylation is 1. The molecule has 0 unspecified atom stereocenters. The highest BCUT2D eigenvalue weighted by Crippen LogP contribution is 2.27. The van der Waals surface area contributed by atoms with E-state index in [0.29, 0.717) is 32.7 Å². The molecule has 4 rings (SSSR count). The highest BCUT2D eigenvalue weighted by atomic mass is 32.1. The Kier molecular flexibility index (Phi) is 6.69. The number of hydrogen-bond acceptors (Lipinski definition) is 10. The van der Waals surface area contributed by atoms with E-state index in [1.807, 2.05) is 12.1 Å². The summed E-state index contributed by atoms with van der Waals surface area (Å²) in [7, 11) is 1.52. The summed E-state index contributed by atoms with van der Waals surface area (Å²) in [6.07, 6.45) is 1.55. The minimum absolute atomic E-state index is 0.0792. The van der Waals surface area contributed by atoms with Crippen molar-refractivity contribution >= 4 is 28.9 Å². The van der Waals surface area contributed by atoms with E-state index in [9.17, 15) is 9.59 Å². The molecule has 0 aliphatic carbocycles. The quantitative estimate of drug-likeness (QED) is 0.389. The molecule has 168 valence electrons. The van der Waals surface area contributed by atoms with Crippen molar-refractivity contribution in [3.63, 3.8) is 0 Å². The van der Waals surface area contributed by atoms with Crippen LogP contribution >= 0.6 is 11.3 Å². The van der Waals surface area contributed by atoms with Gasteiger partial charge < -0.3 is 19.3 Å². The highest BCUT2D eigenvalue weighted by molar-refractivity contribution is 7.17. The van der Waals surface area contributed by atoms with Crippen molar-refractivity contribution in [1.82, 2.24) is 20.1 Å². The van der Waals surface area contributed by atoms with E-state index in [-0.39, 0.29) is 30.7 Å². The predicted octanol–water partition coefficient (Wildman–Crippen LogP) is 3.44. The summed E-state index contributed by atoms with van der Waals surface area (Å²) < 4.78 is 15.6. The molecule has 4 aromatic rings. The minimum atomic E-state index is -0.555. The van der Waals surface area contributed by atoms with E-state index < -0.39 is 5.97 Å². The van der Waals surface area contributed by atoms with Crippen molar-refractivity contribution in [1.29, 1.82) is 0 Å². The van der Waals surface area contributed by atoms with Gasteiger partial charge in [0.1, 0.15) is 15.6 Å². The third-order valence-electron chi connectivity index (χ3n) is 4.40. The van der Waals surface area contributed by atoms with Gasteiger partial charge >= 0.3 is 5.97 Å². The Balaban J connectivity index is 1.33. The van der Waals surface area contributed by atoms with E-state index in [1.165, 1.54) is 18.4 Å². The first-order valence-corrected chi connectivity index (χ1v) is 10.7. The van der Waals surface area contributed by atoms with Crippen LogP contribution in [0.4, 0.5) is 5.69 Å². The predicted molar refractivity (Wildman–Crippen MR) is 119 cm³/mol. The number of carbonyl (C=O) groups excluding carboxylic acids is 2. The van der Waals surface area contributed by atoms with E-state index in [0.717, 1.165) is 0 Å². The number of rotatable bonds is 8. The summed E-state index contributed by atoms with van der Waals surface area (Å²) in [5.74, 6) is -0.112. The number of amides is 1. The van der Waals surface area contributed by atoms with Crippen molar-refractivity contribution < 1.29 is 23.6 Å². The van der Waals surface area contributed by atoms with Crippen LogP contribution in [0.3, 0.4) is 0 Å². The number of para-hydroxylation sites is 2. The topological polar surface area (TPSA) is 129 Å². The fraction of sp³-hybridized carbons (Fsp3) is 0.182. The lowest BCUT2D eigenvalue weighted by atomic mass is 10.2. The number of aromatic nitrogens is 4. The average Bonchev–Trinajstić information content (AvgIpc) is 3.44. The second kappa shape index (κ2) is 10.0. The molecule has 1 aromatic carbocycles. The normalized spacial score (nSPS) is 10.6. The van der Waals surface area contributed by atoms with Gasteiger partial charge in [0.15, 0.2) is 12.4 Å². The summed E-state index contributed by atoms with van der Waals surface area (Å²) in [6.45, 7) is 1.50. The van der Waals surface area contributed by atoms with Crippen molar-refractivity contribution in [2.24, 2.45) is 0 Å². The number of esters is 1. The first-order chi connectivity index (χ1) is 16.0. The number of methoxy groups -OCH3 is 1. The lowest BCUT2D eigenvalue weighted by molar-refractivity contribution is -0.115. The van der Waals surface area contributed by atoms with Crippen LogP contribution < -0.4 is 10.1 Å². The van der Waals surface area contributed by atoms with Gasteiger partial charge in [0.2, 0.25) is 5.91 Å². The van der Waals surface area contributed by atoms with Gasteiger partial charge in [-0.05, 0) is 31.2 Å². The molecular formula is C22H19N5O5S. The molecule has 1 N–H and O–H groups in total. The van der Waals surface area contributed by atoms with Crippen molar-refractivity contribution in [2.45, 2.75) is 20.0 Å². The van der Waals surface area contributed by atoms with Crippen LogP contribution in [-0.2, 0) is 22.6 Å². The third kappa shape index (κ3) is 5.39. The third-order valence-corrected chi connectivity index (χ3v) is 5.56. The van der Waals surface area contributed by atoms with Crippen LogP contribution in [0.5, 0.6) is 5.75 Å². The SMILES string of the molecule is COc1ccccc1NC(=O)Cc1noc(COC(=O)c2sc(-c3ccccn3)nc2C)n1. The Morgan fingerprint density at radius 1 is 1.12 bits per heavy atom. The van der Waals surface area contributed by atoms with E-state index in [1.54, 1.807) is 43.5 Å². The molecule has 3 aromatic heterocycles. The maximum Gasteiger partial charge on any atom is 0.350 e. The Bertz CT molecular complexity index is 1270. The number of nitrogens with zero attached hydrogens (tertiary/aromatic N) is 4. The second-order valence-corrected chi connectivity index (χ2v) is 7.75. The Morgan fingerprint density at radius 2 is 1.94 bits per heavy atom. The zero-order valence-electron chi connectivity index (χ0n) is 17.8. The molecule has 3 heterocycles. The van der Waals surface area contributed by atoms with Crippen LogP contribution in [0.1, 0.15) is 27.1 Å². The van der Waals surface area contributed by atoms with Crippen LogP contribution in [0.15, 0.2) is 53.2 Å². The van der Waals surface area contributed by atoms with Gasteiger partial charge in [-0.2, -0.15) is 4.98 Å². The first-order valence-electron chi connectivity index (χ1n) is 9.83. The number of benzene rings is 1. The summed E-state index contributed by atoms with van der Waals surface area (Å²) in [5.41, 5.74) is 1.76. The summed E-state index contributed by atoms with van der Waals surface area (Å²) >= 11 is 1.20. The van der Waals surface area contributed by atoms with Crippen LogP contribution in [0, 0.1) is 6.92 Å². The first kappa shape index (κ1) is 22.1. The molecule has 0 atom stereocenters. The minimum Gasteiger partial charge on any atom is -0.495 e. The zero-order chi connectivity index (χ0) is 23.2. The molecule has 33 heavy (non-hydrogen) atoms. The molecule has 0 aliphatic heterocycles. The molecule has 1 amide bonds. The number of pyridine rings is 1. The van der Waals surface area contributed by atoms with Gasteiger partial charge in [-0.25, -0.2) is 9.78 Å². The maximum absolute atomic E-state index is 12.5. The Hall–Kier alpha value is -4.12. The number of nitrogens with one attached hydrogen (secondary N) is 1. The molecule has 0 spiro atoms. The fourth-order valence-corrected chi connectivity index (χ4v) is 3.82. The number of thiazole rings is 1. The van der Waals surface area contributed by atoms with Gasteiger partial charge in [-0.3, -0.25) is 9.78 Å². The van der Waals surface area contributed by atoms with Gasteiger partial charge in [0.25, 0.3) is 5.89 Å². The molecular weight excluding hydrogens is 446 g/mol. The molecule has 0 radical (unpaired) electrons. The molecule has 0 saturated carbocycles. The number of anilines is 1. The van der Waals surface area contributed by atoms with Crippen molar-refractivity contribution in [3.05, 3.63) is 70.9 Å². The molecule has 0 saturated heterocycles. The Morgan fingerprint density at radius 3 is 2.73 bits per heavy atom. The van der Waals surface area contributed by atoms with Gasteiger partial charge in [0, 0.05) is 6.20 Å². The second-order valence-electron chi connectivity index (χ2n) is 6.75. The van der Waals surface area contributed by atoms with E-state index >= 15 is 0 Å². The Labute approximate surface area is 192 Å². The number of ether oxygens (including phenoxy) is 2. The lowest BCUT2D eigenvalue weighted by Gasteiger charge is -2.08. The maximum atomic E-state index is 12.5.